The fraction of sp³-hybridized carbons (Fsp3) is 1.00. The molecule has 48 valence electrons. The summed E-state index contributed by atoms with van der Waals surface area (Å²) in [5, 5.41) is 9.46. The summed E-state index contributed by atoms with van der Waals surface area (Å²) in [4.78, 5) is 0. The van der Waals surface area contributed by atoms with Crippen molar-refractivity contribution in [3.63, 3.8) is 0 Å². The van der Waals surface area contributed by atoms with Gasteiger partial charge in [-0.2, -0.15) is 0 Å². The Morgan fingerprint density at radius 1 is 1.62 bits per heavy atom. The second-order valence-electron chi connectivity index (χ2n) is 3.15. The monoisotopic (exact) mass is 114 g/mol. The van der Waals surface area contributed by atoms with Gasteiger partial charge in [-0.3, -0.25) is 0 Å². The predicted molar refractivity (Wildman–Crippen MR) is 33.6 cm³/mol. The second-order valence-corrected chi connectivity index (χ2v) is 3.15. The van der Waals surface area contributed by atoms with Crippen molar-refractivity contribution < 1.29 is 5.11 Å². The van der Waals surface area contributed by atoms with Crippen LogP contribution in [0.3, 0.4) is 0 Å². The largest absolute Gasteiger partial charge is 0.390 e. The van der Waals surface area contributed by atoms with Crippen LogP contribution < -0.4 is 0 Å². The summed E-state index contributed by atoms with van der Waals surface area (Å²) in [7, 11) is 0. The first-order valence-electron chi connectivity index (χ1n) is 3.35. The third-order valence-electron chi connectivity index (χ3n) is 2.38. The van der Waals surface area contributed by atoms with Crippen LogP contribution >= 0.6 is 0 Å². The van der Waals surface area contributed by atoms with E-state index in [1.807, 2.05) is 6.92 Å². The maximum Gasteiger partial charge on any atom is 0.0645 e. The molecule has 0 spiro atoms. The standard InChI is InChI=1S/C7H14O/c1-6-4-3-5-7(6,2)8/h6,8H,3-5H2,1-2H3/t6-,7?/m0/s1. The summed E-state index contributed by atoms with van der Waals surface area (Å²) in [6, 6.07) is 0. The fourth-order valence-corrected chi connectivity index (χ4v) is 1.32. The van der Waals surface area contributed by atoms with E-state index in [2.05, 4.69) is 6.92 Å². The van der Waals surface area contributed by atoms with E-state index in [1.165, 1.54) is 12.8 Å². The molecule has 1 unspecified atom stereocenters. The van der Waals surface area contributed by atoms with Crippen LogP contribution in [0.1, 0.15) is 33.1 Å². The number of aliphatic hydroxyl groups is 1. The van der Waals surface area contributed by atoms with Crippen molar-refractivity contribution in [1.29, 1.82) is 0 Å². The Morgan fingerprint density at radius 3 is 2.38 bits per heavy atom. The molecule has 0 saturated heterocycles. The zero-order valence-electron chi connectivity index (χ0n) is 5.65. The molecule has 2 atom stereocenters. The molecule has 1 saturated carbocycles. The van der Waals surface area contributed by atoms with Crippen LogP contribution in [0.2, 0.25) is 0 Å². The van der Waals surface area contributed by atoms with Crippen LogP contribution in [-0.2, 0) is 0 Å². The number of hydrogen-bond acceptors (Lipinski definition) is 1. The second kappa shape index (κ2) is 1.73. The minimum Gasteiger partial charge on any atom is -0.390 e. The van der Waals surface area contributed by atoms with Gasteiger partial charge in [0.05, 0.1) is 5.60 Å². The van der Waals surface area contributed by atoms with Crippen molar-refractivity contribution in [3.05, 3.63) is 0 Å². The van der Waals surface area contributed by atoms with Gasteiger partial charge in [-0.1, -0.05) is 13.3 Å². The SMILES string of the molecule is C[C@H]1CCCC1(C)O. The van der Waals surface area contributed by atoms with Gasteiger partial charge in [0.25, 0.3) is 0 Å². The van der Waals surface area contributed by atoms with Crippen LogP contribution in [0.15, 0.2) is 0 Å². The maximum atomic E-state index is 9.46. The van der Waals surface area contributed by atoms with Gasteiger partial charge in [-0.25, -0.2) is 0 Å². The fourth-order valence-electron chi connectivity index (χ4n) is 1.32. The van der Waals surface area contributed by atoms with Gasteiger partial charge in [-0.05, 0) is 25.7 Å². The van der Waals surface area contributed by atoms with E-state index in [1.54, 1.807) is 0 Å². The molecular weight excluding hydrogens is 100 g/mol. The lowest BCUT2D eigenvalue weighted by molar-refractivity contribution is 0.0284. The van der Waals surface area contributed by atoms with Crippen molar-refractivity contribution in [2.75, 3.05) is 0 Å². The zero-order valence-corrected chi connectivity index (χ0v) is 5.65. The topological polar surface area (TPSA) is 20.2 Å². The highest BCUT2D eigenvalue weighted by Gasteiger charge is 2.32. The number of rotatable bonds is 0. The van der Waals surface area contributed by atoms with E-state index in [9.17, 15) is 5.11 Å². The van der Waals surface area contributed by atoms with Gasteiger partial charge >= 0.3 is 0 Å². The molecule has 0 aromatic heterocycles. The van der Waals surface area contributed by atoms with Crippen molar-refractivity contribution in [3.8, 4) is 0 Å². The Morgan fingerprint density at radius 2 is 2.25 bits per heavy atom. The third-order valence-corrected chi connectivity index (χ3v) is 2.38. The smallest absolute Gasteiger partial charge is 0.0645 e. The van der Waals surface area contributed by atoms with E-state index < -0.39 is 0 Å². The lowest BCUT2D eigenvalue weighted by atomic mass is 9.95. The summed E-state index contributed by atoms with van der Waals surface area (Å²) in [6.07, 6.45) is 3.40. The molecule has 8 heavy (non-hydrogen) atoms. The van der Waals surface area contributed by atoms with E-state index >= 15 is 0 Å². The molecule has 1 nitrogen and oxygen atoms in total. The molecule has 1 aliphatic carbocycles. The lowest BCUT2D eigenvalue weighted by Crippen LogP contribution is -2.26. The molecule has 0 amide bonds. The molecule has 0 radical (unpaired) electrons. The van der Waals surface area contributed by atoms with Gasteiger partial charge in [-0.15, -0.1) is 0 Å². The van der Waals surface area contributed by atoms with Gasteiger partial charge in [0.15, 0.2) is 0 Å². The highest BCUT2D eigenvalue weighted by Crippen LogP contribution is 2.34. The molecule has 1 rings (SSSR count). The van der Waals surface area contributed by atoms with E-state index in [0.29, 0.717) is 5.92 Å². The zero-order chi connectivity index (χ0) is 6.20. The molecule has 0 bridgehead atoms. The van der Waals surface area contributed by atoms with E-state index in [-0.39, 0.29) is 5.60 Å². The van der Waals surface area contributed by atoms with Crippen molar-refractivity contribution in [1.82, 2.24) is 0 Å². The Hall–Kier alpha value is -0.0400. The van der Waals surface area contributed by atoms with Crippen LogP contribution in [-0.4, -0.2) is 10.7 Å². The Bertz CT molecular complexity index is 86.4. The molecular formula is C7H14O. The van der Waals surface area contributed by atoms with Crippen LogP contribution in [0.25, 0.3) is 0 Å². The molecule has 1 fully saturated rings. The highest BCUT2D eigenvalue weighted by molar-refractivity contribution is 4.84. The maximum absolute atomic E-state index is 9.46. The summed E-state index contributed by atoms with van der Waals surface area (Å²) < 4.78 is 0. The Balaban J connectivity index is 2.54. The third kappa shape index (κ3) is 0.873. The molecule has 0 aromatic carbocycles. The molecule has 1 N–H and O–H groups in total. The Labute approximate surface area is 50.7 Å². The van der Waals surface area contributed by atoms with Gasteiger partial charge in [0.1, 0.15) is 0 Å². The quantitative estimate of drug-likeness (QED) is 0.506. The molecule has 0 aromatic rings. The van der Waals surface area contributed by atoms with Crippen LogP contribution in [0.4, 0.5) is 0 Å². The lowest BCUT2D eigenvalue weighted by Gasteiger charge is -2.20. The average molecular weight is 114 g/mol. The molecule has 1 aliphatic rings. The van der Waals surface area contributed by atoms with Crippen LogP contribution in [0.5, 0.6) is 0 Å². The minimum atomic E-state index is -0.347. The molecule has 0 heterocycles. The van der Waals surface area contributed by atoms with E-state index in [0.717, 1.165) is 6.42 Å². The summed E-state index contributed by atoms with van der Waals surface area (Å²) in [5.41, 5.74) is -0.347. The highest BCUT2D eigenvalue weighted by atomic mass is 16.3. The summed E-state index contributed by atoms with van der Waals surface area (Å²) >= 11 is 0. The normalized spacial score (nSPS) is 47.6. The first kappa shape index (κ1) is 6.09. The summed E-state index contributed by atoms with van der Waals surface area (Å²) in [6.45, 7) is 4.05. The first-order valence-corrected chi connectivity index (χ1v) is 3.35. The van der Waals surface area contributed by atoms with Crippen molar-refractivity contribution in [2.24, 2.45) is 5.92 Å². The first-order chi connectivity index (χ1) is 3.63. The predicted octanol–water partition coefficient (Wildman–Crippen LogP) is 1.56. The van der Waals surface area contributed by atoms with Gasteiger partial charge < -0.3 is 5.11 Å². The van der Waals surface area contributed by atoms with Crippen molar-refractivity contribution >= 4 is 0 Å². The van der Waals surface area contributed by atoms with E-state index in [4.69, 9.17) is 0 Å². The number of hydrogen-bond donors (Lipinski definition) is 1. The summed E-state index contributed by atoms with van der Waals surface area (Å²) in [5.74, 6) is 0.516. The minimum absolute atomic E-state index is 0.347. The van der Waals surface area contributed by atoms with Crippen LogP contribution in [0, 0.1) is 5.92 Å². The van der Waals surface area contributed by atoms with Gasteiger partial charge in [0.2, 0.25) is 0 Å². The Kier molecular flexibility index (Phi) is 1.31. The molecule has 1 heteroatoms. The van der Waals surface area contributed by atoms with Gasteiger partial charge in [0, 0.05) is 0 Å². The van der Waals surface area contributed by atoms with Crippen molar-refractivity contribution in [2.45, 2.75) is 38.7 Å². The average Bonchev–Trinajstić information content (AvgIpc) is 1.86. The molecule has 0 aliphatic heterocycles.